The van der Waals surface area contributed by atoms with Crippen LogP contribution in [0.2, 0.25) is 0 Å². The van der Waals surface area contributed by atoms with Gasteiger partial charge in [-0.05, 0) is 45.9 Å². The molecule has 3 aromatic heterocycles. The molecular weight excluding hydrogens is 464 g/mol. The van der Waals surface area contributed by atoms with E-state index in [-0.39, 0.29) is 0 Å². The van der Waals surface area contributed by atoms with Crippen LogP contribution in [0.4, 0.5) is 0 Å². The predicted octanol–water partition coefficient (Wildman–Crippen LogP) is 8.84. The first-order valence-corrected chi connectivity index (χ1v) is 13.1. The van der Waals surface area contributed by atoms with Gasteiger partial charge in [0.15, 0.2) is 0 Å². The zero-order valence-corrected chi connectivity index (χ0v) is 22.3. The first-order valence-electron chi connectivity index (χ1n) is 13.1. The number of fused-ring (bicyclic) bond motifs is 2. The Bertz CT molecular complexity index is 1530. The summed E-state index contributed by atoms with van der Waals surface area (Å²) in [5, 5.41) is 4.95. The van der Waals surface area contributed by atoms with E-state index in [0.717, 1.165) is 17.0 Å². The van der Waals surface area contributed by atoms with Crippen LogP contribution in [0.3, 0.4) is 0 Å². The van der Waals surface area contributed by atoms with Crippen molar-refractivity contribution in [3.05, 3.63) is 121 Å². The van der Waals surface area contributed by atoms with Crippen LogP contribution >= 0.6 is 0 Å². The first kappa shape index (κ1) is 25.2. The second-order valence-electron chi connectivity index (χ2n) is 10.1. The molecule has 0 bridgehead atoms. The molecule has 6 rings (SSSR count). The van der Waals surface area contributed by atoms with Gasteiger partial charge in [-0.3, -0.25) is 9.97 Å². The van der Waals surface area contributed by atoms with E-state index in [0.29, 0.717) is 11.8 Å². The molecule has 4 nitrogen and oxygen atoms in total. The monoisotopic (exact) mass is 496 g/mol. The number of aromatic nitrogens is 4. The van der Waals surface area contributed by atoms with Gasteiger partial charge in [-0.15, -0.1) is 0 Å². The Morgan fingerprint density at radius 1 is 0.500 bits per heavy atom. The van der Waals surface area contributed by atoms with Gasteiger partial charge in [0, 0.05) is 46.7 Å². The van der Waals surface area contributed by atoms with E-state index in [1.807, 2.05) is 30.6 Å². The van der Waals surface area contributed by atoms with Crippen molar-refractivity contribution in [1.29, 1.82) is 0 Å². The second kappa shape index (κ2) is 11.3. The standard InChI is InChI=1S/C18H17N.C16H15N3/c1-13(2)16-10-6-9-15-11-18(19-12-17(15)16)14-7-4-3-5-8-14;1-11(2)14-5-3-4-12-6-16(19-9-15(12)14)13-7-17-10-18-8-13/h3-13H,1-2H3;3-11H,1-2H3. The molecular formula is C34H32N4. The van der Waals surface area contributed by atoms with Crippen molar-refractivity contribution in [3.63, 3.8) is 0 Å². The summed E-state index contributed by atoms with van der Waals surface area (Å²) in [7, 11) is 0. The Labute approximate surface area is 224 Å². The highest BCUT2D eigenvalue weighted by Crippen LogP contribution is 2.29. The van der Waals surface area contributed by atoms with Crippen molar-refractivity contribution in [3.8, 4) is 22.5 Å². The lowest BCUT2D eigenvalue weighted by molar-refractivity contribution is 0.875. The lowest BCUT2D eigenvalue weighted by atomic mass is 9.96. The molecule has 38 heavy (non-hydrogen) atoms. The molecule has 0 aliphatic carbocycles. The normalized spacial score (nSPS) is 11.1. The van der Waals surface area contributed by atoms with Gasteiger partial charge in [0.05, 0.1) is 11.4 Å². The fourth-order valence-corrected chi connectivity index (χ4v) is 4.75. The van der Waals surface area contributed by atoms with Gasteiger partial charge in [-0.2, -0.15) is 0 Å². The highest BCUT2D eigenvalue weighted by atomic mass is 14.8. The summed E-state index contributed by atoms with van der Waals surface area (Å²) in [6.07, 6.45) is 9.06. The molecule has 0 aliphatic heterocycles. The van der Waals surface area contributed by atoms with E-state index in [4.69, 9.17) is 0 Å². The van der Waals surface area contributed by atoms with Gasteiger partial charge >= 0.3 is 0 Å². The number of rotatable bonds is 4. The molecule has 4 heteroatoms. The molecule has 3 aromatic carbocycles. The van der Waals surface area contributed by atoms with Gasteiger partial charge in [0.25, 0.3) is 0 Å². The van der Waals surface area contributed by atoms with E-state index in [9.17, 15) is 0 Å². The van der Waals surface area contributed by atoms with Crippen LogP contribution in [0, 0.1) is 0 Å². The van der Waals surface area contributed by atoms with Crippen molar-refractivity contribution in [2.24, 2.45) is 0 Å². The maximum Gasteiger partial charge on any atom is 0.115 e. The molecule has 6 aromatic rings. The Kier molecular flexibility index (Phi) is 7.50. The molecule has 0 unspecified atom stereocenters. The van der Waals surface area contributed by atoms with Gasteiger partial charge in [-0.25, -0.2) is 9.97 Å². The molecule has 0 spiro atoms. The SMILES string of the molecule is CC(C)c1cccc2cc(-c3ccccc3)ncc12.CC(C)c1cccc2cc(-c3cncnc3)ncc12. The van der Waals surface area contributed by atoms with E-state index in [1.165, 1.54) is 44.6 Å². The van der Waals surface area contributed by atoms with Crippen molar-refractivity contribution in [2.75, 3.05) is 0 Å². The summed E-state index contributed by atoms with van der Waals surface area (Å²) in [4.78, 5) is 17.2. The minimum atomic E-state index is 0.497. The third-order valence-electron chi connectivity index (χ3n) is 6.77. The van der Waals surface area contributed by atoms with Crippen LogP contribution in [-0.4, -0.2) is 19.9 Å². The summed E-state index contributed by atoms with van der Waals surface area (Å²) in [5.74, 6) is 1.02. The van der Waals surface area contributed by atoms with Crippen LogP contribution < -0.4 is 0 Å². The Morgan fingerprint density at radius 2 is 1.00 bits per heavy atom. The van der Waals surface area contributed by atoms with Crippen LogP contribution in [-0.2, 0) is 0 Å². The maximum absolute atomic E-state index is 4.62. The van der Waals surface area contributed by atoms with Crippen molar-refractivity contribution in [2.45, 2.75) is 39.5 Å². The van der Waals surface area contributed by atoms with E-state index >= 15 is 0 Å². The summed E-state index contributed by atoms with van der Waals surface area (Å²) in [6.45, 7) is 8.85. The lowest BCUT2D eigenvalue weighted by Gasteiger charge is -2.10. The van der Waals surface area contributed by atoms with Gasteiger partial charge in [-0.1, -0.05) is 94.4 Å². The Balaban J connectivity index is 0.000000155. The molecule has 0 aliphatic rings. The van der Waals surface area contributed by atoms with E-state index < -0.39 is 0 Å². The molecule has 188 valence electrons. The highest BCUT2D eigenvalue weighted by molar-refractivity contribution is 5.89. The zero-order valence-electron chi connectivity index (χ0n) is 22.3. The van der Waals surface area contributed by atoms with E-state index in [2.05, 4.69) is 108 Å². The van der Waals surface area contributed by atoms with Crippen LogP contribution in [0.15, 0.2) is 110 Å². The molecule has 0 atom stereocenters. The number of benzene rings is 3. The average molecular weight is 497 g/mol. The number of hydrogen-bond donors (Lipinski definition) is 0. The minimum Gasteiger partial charge on any atom is -0.256 e. The highest BCUT2D eigenvalue weighted by Gasteiger charge is 2.08. The first-order chi connectivity index (χ1) is 18.5. The van der Waals surface area contributed by atoms with Crippen molar-refractivity contribution >= 4 is 21.5 Å². The predicted molar refractivity (Wildman–Crippen MR) is 158 cm³/mol. The fraction of sp³-hybridized carbons (Fsp3) is 0.176. The van der Waals surface area contributed by atoms with Crippen LogP contribution in [0.5, 0.6) is 0 Å². The largest absolute Gasteiger partial charge is 0.256 e. The third-order valence-corrected chi connectivity index (χ3v) is 6.77. The van der Waals surface area contributed by atoms with Gasteiger partial charge in [0.2, 0.25) is 0 Å². The van der Waals surface area contributed by atoms with Crippen molar-refractivity contribution < 1.29 is 0 Å². The number of pyridine rings is 2. The molecule has 0 N–H and O–H groups in total. The molecule has 0 fully saturated rings. The quantitative estimate of drug-likeness (QED) is 0.245. The summed E-state index contributed by atoms with van der Waals surface area (Å²) in [5.41, 5.74) is 6.76. The molecule has 0 saturated heterocycles. The van der Waals surface area contributed by atoms with Crippen LogP contribution in [0.1, 0.15) is 50.7 Å². The molecule has 0 amide bonds. The summed E-state index contributed by atoms with van der Waals surface area (Å²) >= 11 is 0. The minimum absolute atomic E-state index is 0.497. The number of hydrogen-bond acceptors (Lipinski definition) is 4. The van der Waals surface area contributed by atoms with Gasteiger partial charge in [0.1, 0.15) is 6.33 Å². The Hall–Kier alpha value is -4.44. The second-order valence-corrected chi connectivity index (χ2v) is 10.1. The Morgan fingerprint density at radius 3 is 1.50 bits per heavy atom. The molecule has 0 radical (unpaired) electrons. The van der Waals surface area contributed by atoms with Crippen molar-refractivity contribution in [1.82, 2.24) is 19.9 Å². The van der Waals surface area contributed by atoms with Gasteiger partial charge < -0.3 is 0 Å². The maximum atomic E-state index is 4.62. The summed E-state index contributed by atoms with van der Waals surface area (Å²) in [6, 6.07) is 27.5. The molecule has 3 heterocycles. The molecule has 0 saturated carbocycles. The third kappa shape index (κ3) is 5.45. The average Bonchev–Trinajstić information content (AvgIpc) is 2.97. The van der Waals surface area contributed by atoms with Crippen LogP contribution in [0.25, 0.3) is 44.1 Å². The zero-order chi connectivity index (χ0) is 26.5. The lowest BCUT2D eigenvalue weighted by Crippen LogP contribution is -1.92. The van der Waals surface area contributed by atoms with E-state index in [1.54, 1.807) is 12.4 Å². The number of nitrogens with zero attached hydrogens (tertiary/aromatic N) is 4. The fourth-order valence-electron chi connectivity index (χ4n) is 4.75. The topological polar surface area (TPSA) is 51.6 Å². The summed E-state index contributed by atoms with van der Waals surface area (Å²) < 4.78 is 0. The smallest absolute Gasteiger partial charge is 0.115 e.